The van der Waals surface area contributed by atoms with Crippen LogP contribution in [0.25, 0.3) is 0 Å². The molecule has 0 aromatic heterocycles. The first-order valence-corrected chi connectivity index (χ1v) is 10.2. The molecule has 2 saturated heterocycles. The largest absolute Gasteiger partial charge is 0.466 e. The van der Waals surface area contributed by atoms with Crippen LogP contribution in [0.15, 0.2) is 24.3 Å². The van der Waals surface area contributed by atoms with Crippen LogP contribution in [0.5, 0.6) is 0 Å². The minimum atomic E-state index is -1.10. The normalized spacial score (nSPS) is 27.6. The van der Waals surface area contributed by atoms with Gasteiger partial charge in [0.1, 0.15) is 11.5 Å². The van der Waals surface area contributed by atoms with Gasteiger partial charge in [0, 0.05) is 5.02 Å². The number of nitrogens with one attached hydrogen (secondary N) is 2. The van der Waals surface area contributed by atoms with Gasteiger partial charge in [-0.2, -0.15) is 0 Å². The van der Waals surface area contributed by atoms with E-state index in [1.165, 1.54) is 4.90 Å². The molecule has 3 rings (SSSR count). The van der Waals surface area contributed by atoms with Crippen LogP contribution in [0.4, 0.5) is 4.79 Å². The summed E-state index contributed by atoms with van der Waals surface area (Å²) in [6.45, 7) is 5.63. The predicted molar refractivity (Wildman–Crippen MR) is 104 cm³/mol. The monoisotopic (exact) mass is 408 g/mol. The Bertz CT molecular complexity index is 772. The summed E-state index contributed by atoms with van der Waals surface area (Å²) in [4.78, 5) is 40.3. The molecule has 7 nitrogen and oxygen atoms in total. The molecular weight excluding hydrogens is 382 g/mol. The Balaban J connectivity index is 1.75. The van der Waals surface area contributed by atoms with Gasteiger partial charge in [-0.15, -0.1) is 0 Å². The van der Waals surface area contributed by atoms with Crippen molar-refractivity contribution >= 4 is 29.5 Å². The summed E-state index contributed by atoms with van der Waals surface area (Å²) in [6.07, 6.45) is 2.06. The molecule has 28 heavy (non-hydrogen) atoms. The zero-order valence-electron chi connectivity index (χ0n) is 16.3. The van der Waals surface area contributed by atoms with E-state index in [0.29, 0.717) is 30.2 Å². The standard InChI is InChI=1S/C20H26ClN3O4/c1-3-20(15-8-5-9-16(21)11-15)18(26)24(19(27)22-20)13-23-10-6-7-14(12-23)17(25)28-4-2/h5,8-9,11,14H,3-4,6-7,10,12-13H2,1-2H3,(H,22,27)/p+1/t14-,20-/m0/s1. The first-order valence-electron chi connectivity index (χ1n) is 9.81. The van der Waals surface area contributed by atoms with Gasteiger partial charge in [-0.1, -0.05) is 30.7 Å². The topological polar surface area (TPSA) is 80.2 Å². The third-order valence-corrected chi connectivity index (χ3v) is 5.88. The smallest absolute Gasteiger partial charge is 0.329 e. The summed E-state index contributed by atoms with van der Waals surface area (Å²) in [5.74, 6) is -0.653. The molecule has 0 radical (unpaired) electrons. The second-order valence-electron chi connectivity index (χ2n) is 7.39. The van der Waals surface area contributed by atoms with E-state index in [1.807, 2.05) is 13.0 Å². The number of ether oxygens (including phenoxy) is 1. The highest BCUT2D eigenvalue weighted by Crippen LogP contribution is 2.33. The second-order valence-corrected chi connectivity index (χ2v) is 7.82. The molecule has 2 fully saturated rings. The fourth-order valence-corrected chi connectivity index (χ4v) is 4.33. The molecule has 1 aromatic carbocycles. The van der Waals surface area contributed by atoms with Gasteiger partial charge >= 0.3 is 12.0 Å². The second kappa shape index (κ2) is 8.49. The zero-order valence-corrected chi connectivity index (χ0v) is 17.1. The van der Waals surface area contributed by atoms with Crippen molar-refractivity contribution in [2.24, 2.45) is 5.92 Å². The summed E-state index contributed by atoms with van der Waals surface area (Å²) in [5, 5.41) is 3.40. The zero-order chi connectivity index (χ0) is 20.3. The molecule has 0 saturated carbocycles. The van der Waals surface area contributed by atoms with E-state index in [9.17, 15) is 14.4 Å². The van der Waals surface area contributed by atoms with Gasteiger partial charge in [0.05, 0.1) is 19.7 Å². The quantitative estimate of drug-likeness (QED) is 0.549. The lowest BCUT2D eigenvalue weighted by Crippen LogP contribution is -3.15. The van der Waals surface area contributed by atoms with Crippen molar-refractivity contribution < 1.29 is 24.0 Å². The van der Waals surface area contributed by atoms with Crippen molar-refractivity contribution in [3.8, 4) is 0 Å². The van der Waals surface area contributed by atoms with E-state index in [0.717, 1.165) is 24.3 Å². The summed E-state index contributed by atoms with van der Waals surface area (Å²) >= 11 is 6.10. The number of rotatable bonds is 6. The SMILES string of the molecule is CCOC(=O)[C@H]1CCC[NH+](CN2C(=O)N[C@@](CC)(c3cccc(Cl)c3)C2=O)C1. The summed E-state index contributed by atoms with van der Waals surface area (Å²) < 4.78 is 5.14. The van der Waals surface area contributed by atoms with Gasteiger partial charge in [0.25, 0.3) is 5.91 Å². The Hall–Kier alpha value is -2.12. The first-order chi connectivity index (χ1) is 13.4. The number of quaternary nitrogens is 1. The number of piperidine rings is 1. The van der Waals surface area contributed by atoms with Crippen molar-refractivity contribution in [3.05, 3.63) is 34.9 Å². The Kier molecular flexibility index (Phi) is 6.25. The molecule has 2 aliphatic rings. The Morgan fingerprint density at radius 3 is 2.86 bits per heavy atom. The van der Waals surface area contributed by atoms with Gasteiger partial charge in [-0.25, -0.2) is 9.69 Å². The maximum absolute atomic E-state index is 13.3. The number of esters is 1. The molecule has 3 atom stereocenters. The van der Waals surface area contributed by atoms with Crippen LogP contribution < -0.4 is 10.2 Å². The number of halogens is 1. The number of hydrogen-bond acceptors (Lipinski definition) is 4. The number of carbonyl (C=O) groups excluding carboxylic acids is 3. The Morgan fingerprint density at radius 2 is 2.18 bits per heavy atom. The van der Waals surface area contributed by atoms with Crippen molar-refractivity contribution in [3.63, 3.8) is 0 Å². The molecule has 3 amide bonds. The minimum absolute atomic E-state index is 0.187. The van der Waals surface area contributed by atoms with E-state index in [-0.39, 0.29) is 24.5 Å². The molecule has 0 aliphatic carbocycles. The van der Waals surface area contributed by atoms with E-state index in [4.69, 9.17) is 16.3 Å². The molecule has 2 N–H and O–H groups in total. The summed E-state index contributed by atoms with van der Waals surface area (Å²) in [6, 6.07) is 6.63. The van der Waals surface area contributed by atoms with Crippen LogP contribution in [-0.2, 0) is 19.9 Å². The molecule has 2 heterocycles. The van der Waals surface area contributed by atoms with Gasteiger partial charge < -0.3 is 15.0 Å². The molecule has 8 heteroatoms. The third kappa shape index (κ3) is 3.86. The molecule has 0 spiro atoms. The number of carbonyl (C=O) groups is 3. The van der Waals surface area contributed by atoms with Crippen molar-refractivity contribution in [1.82, 2.24) is 10.2 Å². The van der Waals surface area contributed by atoms with Gasteiger partial charge in [-0.3, -0.25) is 9.59 Å². The van der Waals surface area contributed by atoms with Crippen molar-refractivity contribution in [2.75, 3.05) is 26.4 Å². The van der Waals surface area contributed by atoms with Crippen LogP contribution in [0.2, 0.25) is 5.02 Å². The highest BCUT2D eigenvalue weighted by molar-refractivity contribution is 6.30. The van der Waals surface area contributed by atoms with Crippen molar-refractivity contribution in [1.29, 1.82) is 0 Å². The van der Waals surface area contributed by atoms with Crippen molar-refractivity contribution in [2.45, 2.75) is 38.6 Å². The van der Waals surface area contributed by atoms with Crippen LogP contribution in [0, 0.1) is 5.92 Å². The van der Waals surface area contributed by atoms with E-state index < -0.39 is 11.6 Å². The molecule has 1 unspecified atom stereocenters. The fraction of sp³-hybridized carbons (Fsp3) is 0.550. The summed E-state index contributed by atoms with van der Waals surface area (Å²) in [7, 11) is 0. The lowest BCUT2D eigenvalue weighted by molar-refractivity contribution is -0.914. The highest BCUT2D eigenvalue weighted by atomic mass is 35.5. The van der Waals surface area contributed by atoms with Gasteiger partial charge in [0.2, 0.25) is 0 Å². The Morgan fingerprint density at radius 1 is 1.39 bits per heavy atom. The number of nitrogens with zero attached hydrogens (tertiary/aromatic N) is 1. The van der Waals surface area contributed by atoms with E-state index in [2.05, 4.69) is 5.32 Å². The highest BCUT2D eigenvalue weighted by Gasteiger charge is 2.52. The fourth-order valence-electron chi connectivity index (χ4n) is 4.14. The lowest BCUT2D eigenvalue weighted by Gasteiger charge is -2.31. The van der Waals surface area contributed by atoms with Crippen LogP contribution >= 0.6 is 11.6 Å². The molecule has 1 aromatic rings. The van der Waals surface area contributed by atoms with Crippen LogP contribution in [0.1, 0.15) is 38.7 Å². The minimum Gasteiger partial charge on any atom is -0.466 e. The van der Waals surface area contributed by atoms with Gasteiger partial charge in [-0.05, 0) is 43.9 Å². The van der Waals surface area contributed by atoms with Crippen LogP contribution in [0.3, 0.4) is 0 Å². The maximum Gasteiger partial charge on any atom is 0.329 e. The number of benzene rings is 1. The predicted octanol–water partition coefficient (Wildman–Crippen LogP) is 1.31. The average Bonchev–Trinajstić information content (AvgIpc) is 2.93. The Labute approximate surface area is 169 Å². The number of amides is 3. The first kappa shape index (κ1) is 20.6. The molecular formula is C20H27ClN3O4+. The van der Waals surface area contributed by atoms with Crippen LogP contribution in [-0.4, -0.2) is 49.2 Å². The lowest BCUT2D eigenvalue weighted by atomic mass is 9.87. The van der Waals surface area contributed by atoms with E-state index in [1.54, 1.807) is 25.1 Å². The number of urea groups is 1. The van der Waals surface area contributed by atoms with Gasteiger partial charge in [0.15, 0.2) is 6.67 Å². The van der Waals surface area contributed by atoms with E-state index >= 15 is 0 Å². The molecule has 152 valence electrons. The summed E-state index contributed by atoms with van der Waals surface area (Å²) in [5.41, 5.74) is -0.418. The number of hydrogen-bond donors (Lipinski definition) is 2. The third-order valence-electron chi connectivity index (χ3n) is 5.64. The average molecular weight is 409 g/mol. The molecule has 0 bridgehead atoms. The number of imide groups is 1. The maximum atomic E-state index is 13.3. The number of likely N-dealkylation sites (tertiary alicyclic amines) is 1. The molecule has 2 aliphatic heterocycles.